The van der Waals surface area contributed by atoms with Crippen molar-refractivity contribution >= 4 is 22.6 Å². The highest BCUT2D eigenvalue weighted by atomic mass is 35.5. The first-order valence-electron chi connectivity index (χ1n) is 4.89. The topological polar surface area (TPSA) is 30.7 Å². The molecule has 3 nitrogen and oxygen atoms in total. The molecule has 2 rings (SSSR count). The number of halogens is 1. The molecule has 0 aromatic carbocycles. The van der Waals surface area contributed by atoms with Crippen LogP contribution in [-0.2, 0) is 12.5 Å². The molecule has 0 saturated carbocycles. The van der Waals surface area contributed by atoms with Crippen molar-refractivity contribution in [2.24, 2.45) is 7.05 Å². The fraction of sp³-hybridized carbons (Fsp3) is 0.455. The van der Waals surface area contributed by atoms with E-state index in [1.807, 2.05) is 7.05 Å². The summed E-state index contributed by atoms with van der Waals surface area (Å²) in [7, 11) is 1.89. The van der Waals surface area contributed by atoms with Crippen LogP contribution < -0.4 is 0 Å². The summed E-state index contributed by atoms with van der Waals surface area (Å²) in [5.41, 5.74) is 1.82. The van der Waals surface area contributed by atoms with Gasteiger partial charge in [-0.15, -0.1) is 0 Å². The first kappa shape index (κ1) is 10.4. The number of pyridine rings is 1. The molecule has 0 aliphatic carbocycles. The number of nitrogens with zero attached hydrogens (tertiary/aromatic N) is 3. The van der Waals surface area contributed by atoms with Crippen LogP contribution in [0.2, 0.25) is 5.02 Å². The summed E-state index contributed by atoms with van der Waals surface area (Å²) in [6.45, 7) is 6.37. The van der Waals surface area contributed by atoms with E-state index in [0.29, 0.717) is 0 Å². The van der Waals surface area contributed by atoms with Crippen LogP contribution in [0.4, 0.5) is 0 Å². The van der Waals surface area contributed by atoms with Crippen LogP contribution in [0.25, 0.3) is 11.0 Å². The van der Waals surface area contributed by atoms with Crippen LogP contribution in [0, 0.1) is 0 Å². The molecule has 0 radical (unpaired) electrons. The molecule has 0 N–H and O–H groups in total. The van der Waals surface area contributed by atoms with Crippen molar-refractivity contribution in [3.63, 3.8) is 0 Å². The van der Waals surface area contributed by atoms with E-state index in [4.69, 9.17) is 11.6 Å². The zero-order chi connectivity index (χ0) is 11.2. The molecule has 0 aliphatic heterocycles. The minimum atomic E-state index is -0.0216. The van der Waals surface area contributed by atoms with E-state index in [1.54, 1.807) is 16.9 Å². The highest BCUT2D eigenvalue weighted by Gasteiger charge is 2.23. The van der Waals surface area contributed by atoms with Gasteiger partial charge in [-0.3, -0.25) is 4.68 Å². The lowest BCUT2D eigenvalue weighted by atomic mass is 9.90. The molecule has 0 spiro atoms. The average Bonchev–Trinajstić information content (AvgIpc) is 2.45. The predicted octanol–water partition coefficient (Wildman–Crippen LogP) is 2.92. The molecular formula is C11H14ClN3. The molecule has 2 heterocycles. The second-order valence-corrected chi connectivity index (χ2v) is 5.12. The molecule has 0 aliphatic rings. The van der Waals surface area contributed by atoms with Gasteiger partial charge >= 0.3 is 0 Å². The lowest BCUT2D eigenvalue weighted by Crippen LogP contribution is -2.12. The predicted molar refractivity (Wildman–Crippen MR) is 62.2 cm³/mol. The summed E-state index contributed by atoms with van der Waals surface area (Å²) in [5, 5.41) is 6.18. The van der Waals surface area contributed by atoms with Gasteiger partial charge < -0.3 is 0 Å². The molecule has 0 unspecified atom stereocenters. The summed E-state index contributed by atoms with van der Waals surface area (Å²) in [6.07, 6.45) is 1.71. The monoisotopic (exact) mass is 223 g/mol. The van der Waals surface area contributed by atoms with E-state index >= 15 is 0 Å². The summed E-state index contributed by atoms with van der Waals surface area (Å²) in [4.78, 5) is 4.29. The molecule has 4 heteroatoms. The Morgan fingerprint density at radius 1 is 1.33 bits per heavy atom. The Morgan fingerprint density at radius 3 is 2.60 bits per heavy atom. The lowest BCUT2D eigenvalue weighted by Gasteiger charge is -2.15. The van der Waals surface area contributed by atoms with Gasteiger partial charge in [-0.2, -0.15) is 5.10 Å². The Kier molecular flexibility index (Phi) is 2.23. The molecule has 0 fully saturated rings. The molecule has 15 heavy (non-hydrogen) atoms. The largest absolute Gasteiger partial charge is 0.250 e. The molecule has 0 atom stereocenters. The van der Waals surface area contributed by atoms with Gasteiger partial charge in [0.15, 0.2) is 5.65 Å². The first-order valence-corrected chi connectivity index (χ1v) is 5.27. The maximum Gasteiger partial charge on any atom is 0.159 e. The zero-order valence-electron chi connectivity index (χ0n) is 9.37. The smallest absolute Gasteiger partial charge is 0.159 e. The average molecular weight is 224 g/mol. The number of fused-ring (bicyclic) bond motifs is 1. The Bertz CT molecular complexity index is 508. The van der Waals surface area contributed by atoms with Crippen molar-refractivity contribution < 1.29 is 0 Å². The van der Waals surface area contributed by atoms with Crippen LogP contribution in [0.5, 0.6) is 0 Å². The molecule has 2 aromatic heterocycles. The fourth-order valence-corrected chi connectivity index (χ4v) is 1.90. The maximum atomic E-state index is 6.19. The molecule has 0 bridgehead atoms. The molecule has 80 valence electrons. The van der Waals surface area contributed by atoms with Gasteiger partial charge in [-0.25, -0.2) is 4.98 Å². The molecule has 0 amide bonds. The third kappa shape index (κ3) is 1.61. The van der Waals surface area contributed by atoms with Crippen molar-refractivity contribution in [3.8, 4) is 0 Å². The number of aromatic nitrogens is 3. The van der Waals surface area contributed by atoms with Crippen LogP contribution in [0.1, 0.15) is 26.5 Å². The minimum Gasteiger partial charge on any atom is -0.250 e. The Balaban J connectivity index is 2.88. The van der Waals surface area contributed by atoms with Crippen LogP contribution >= 0.6 is 11.6 Å². The van der Waals surface area contributed by atoms with E-state index in [9.17, 15) is 0 Å². The van der Waals surface area contributed by atoms with E-state index < -0.39 is 0 Å². The van der Waals surface area contributed by atoms with Gasteiger partial charge in [0.2, 0.25) is 0 Å². The van der Waals surface area contributed by atoms with Gasteiger partial charge in [0.25, 0.3) is 0 Å². The number of hydrogen-bond acceptors (Lipinski definition) is 2. The van der Waals surface area contributed by atoms with Crippen LogP contribution in [0.15, 0.2) is 12.3 Å². The Morgan fingerprint density at radius 2 is 2.00 bits per heavy atom. The van der Waals surface area contributed by atoms with Gasteiger partial charge in [0, 0.05) is 18.7 Å². The van der Waals surface area contributed by atoms with E-state index in [1.165, 1.54) is 0 Å². The highest BCUT2D eigenvalue weighted by molar-refractivity contribution is 6.35. The van der Waals surface area contributed by atoms with Crippen molar-refractivity contribution in [3.05, 3.63) is 23.0 Å². The maximum absolute atomic E-state index is 6.19. The van der Waals surface area contributed by atoms with E-state index in [-0.39, 0.29) is 5.41 Å². The number of aryl methyl sites for hydroxylation is 1. The Hall–Kier alpha value is -1.09. The third-order valence-corrected chi connectivity index (χ3v) is 2.70. The van der Waals surface area contributed by atoms with Crippen LogP contribution in [-0.4, -0.2) is 14.8 Å². The summed E-state index contributed by atoms with van der Waals surface area (Å²) >= 11 is 6.19. The minimum absolute atomic E-state index is 0.0216. The molecule has 0 saturated heterocycles. The third-order valence-electron chi connectivity index (χ3n) is 2.38. The lowest BCUT2D eigenvalue weighted by molar-refractivity contribution is 0.558. The zero-order valence-corrected chi connectivity index (χ0v) is 10.1. The van der Waals surface area contributed by atoms with Crippen molar-refractivity contribution in [2.45, 2.75) is 26.2 Å². The SMILES string of the molecule is Cn1nc(C(C)(C)C)c2c(Cl)ccnc21. The first-order chi connectivity index (χ1) is 6.91. The Labute approximate surface area is 94.1 Å². The van der Waals surface area contributed by atoms with E-state index in [0.717, 1.165) is 21.7 Å². The normalized spacial score (nSPS) is 12.3. The molecular weight excluding hydrogens is 210 g/mol. The second-order valence-electron chi connectivity index (χ2n) is 4.71. The highest BCUT2D eigenvalue weighted by Crippen LogP contribution is 2.32. The fourth-order valence-electron chi connectivity index (χ4n) is 1.66. The van der Waals surface area contributed by atoms with Gasteiger partial charge in [0.05, 0.1) is 16.1 Å². The number of rotatable bonds is 0. The number of hydrogen-bond donors (Lipinski definition) is 0. The summed E-state index contributed by atoms with van der Waals surface area (Å²) in [6, 6.07) is 1.81. The molecule has 2 aromatic rings. The standard InChI is InChI=1S/C11H14ClN3/c1-11(2,3)9-8-7(12)5-6-13-10(8)15(4)14-9/h5-6H,1-4H3. The van der Waals surface area contributed by atoms with Crippen LogP contribution in [0.3, 0.4) is 0 Å². The van der Waals surface area contributed by atoms with E-state index in [2.05, 4.69) is 30.9 Å². The van der Waals surface area contributed by atoms with Crippen molar-refractivity contribution in [1.29, 1.82) is 0 Å². The van der Waals surface area contributed by atoms with Gasteiger partial charge in [0.1, 0.15) is 0 Å². The van der Waals surface area contributed by atoms with Crippen molar-refractivity contribution in [2.75, 3.05) is 0 Å². The summed E-state index contributed by atoms with van der Waals surface area (Å²) < 4.78 is 1.78. The van der Waals surface area contributed by atoms with Gasteiger partial charge in [-0.1, -0.05) is 32.4 Å². The van der Waals surface area contributed by atoms with Crippen molar-refractivity contribution in [1.82, 2.24) is 14.8 Å². The second kappa shape index (κ2) is 3.20. The quantitative estimate of drug-likeness (QED) is 0.688. The van der Waals surface area contributed by atoms with Gasteiger partial charge in [-0.05, 0) is 6.07 Å². The summed E-state index contributed by atoms with van der Waals surface area (Å²) in [5.74, 6) is 0.